The molecule has 0 saturated heterocycles. The fraction of sp³-hybridized carbons (Fsp3) is 0.300. The van der Waals surface area contributed by atoms with Crippen molar-refractivity contribution in [1.82, 2.24) is 5.32 Å². The van der Waals surface area contributed by atoms with Crippen molar-refractivity contribution < 1.29 is 27.4 Å². The molecule has 0 radical (unpaired) electrons. The standard InChI is InChI=1S/C20H21NO6S/c1-24-18-9-13-5-6-21-16(15(13)11-19(18)25-2)12-28(22,23)14-3-4-17-20(10-14)27-8-7-26-17/h3-4,9-12,21H,5-8H2,1-2H3/b16-12-. The lowest BCUT2D eigenvalue weighted by atomic mass is 9.98. The van der Waals surface area contributed by atoms with Gasteiger partial charge in [0.15, 0.2) is 23.0 Å². The Labute approximate surface area is 163 Å². The summed E-state index contributed by atoms with van der Waals surface area (Å²) in [4.78, 5) is 0.152. The molecular formula is C20H21NO6S. The van der Waals surface area contributed by atoms with E-state index in [0.29, 0.717) is 48.5 Å². The quantitative estimate of drug-likeness (QED) is 0.839. The molecular weight excluding hydrogens is 382 g/mol. The van der Waals surface area contributed by atoms with E-state index in [9.17, 15) is 8.42 Å². The van der Waals surface area contributed by atoms with E-state index in [-0.39, 0.29) is 4.90 Å². The fourth-order valence-corrected chi connectivity index (χ4v) is 4.52. The Morgan fingerprint density at radius 3 is 2.46 bits per heavy atom. The first-order valence-corrected chi connectivity index (χ1v) is 10.4. The molecule has 2 aromatic rings. The molecule has 2 heterocycles. The predicted molar refractivity (Wildman–Crippen MR) is 104 cm³/mol. The van der Waals surface area contributed by atoms with Crippen molar-refractivity contribution in [2.45, 2.75) is 11.3 Å². The number of fused-ring (bicyclic) bond motifs is 2. The summed E-state index contributed by atoms with van der Waals surface area (Å²) in [6.45, 7) is 1.48. The van der Waals surface area contributed by atoms with Crippen LogP contribution in [0.5, 0.6) is 23.0 Å². The SMILES string of the molecule is COc1cc2c(cc1OC)/C(=C/S(=O)(=O)c1ccc3c(c1)OCCO3)NCC2. The molecule has 4 rings (SSSR count). The summed E-state index contributed by atoms with van der Waals surface area (Å²) >= 11 is 0. The van der Waals surface area contributed by atoms with Crippen LogP contribution in [-0.4, -0.2) is 42.4 Å². The normalized spacial score (nSPS) is 16.9. The Hall–Kier alpha value is -2.87. The Kier molecular flexibility index (Phi) is 4.80. The molecule has 0 saturated carbocycles. The predicted octanol–water partition coefficient (Wildman–Crippen LogP) is 2.39. The molecule has 2 aromatic carbocycles. The molecule has 0 aliphatic carbocycles. The van der Waals surface area contributed by atoms with E-state index in [1.54, 1.807) is 26.4 Å². The molecule has 2 aliphatic rings. The maximum atomic E-state index is 13.0. The van der Waals surface area contributed by atoms with E-state index in [2.05, 4.69) is 5.32 Å². The van der Waals surface area contributed by atoms with Crippen LogP contribution in [-0.2, 0) is 16.3 Å². The molecule has 0 aromatic heterocycles. The van der Waals surface area contributed by atoms with E-state index in [0.717, 1.165) is 17.5 Å². The lowest BCUT2D eigenvalue weighted by Gasteiger charge is -2.23. The first kappa shape index (κ1) is 18.5. The summed E-state index contributed by atoms with van der Waals surface area (Å²) < 4.78 is 47.7. The minimum absolute atomic E-state index is 0.152. The average molecular weight is 403 g/mol. The van der Waals surface area contributed by atoms with Gasteiger partial charge in [-0.2, -0.15) is 0 Å². The van der Waals surface area contributed by atoms with Crippen molar-refractivity contribution in [1.29, 1.82) is 0 Å². The van der Waals surface area contributed by atoms with Crippen LogP contribution in [0.25, 0.3) is 5.70 Å². The summed E-state index contributed by atoms with van der Waals surface area (Å²) in [7, 11) is -0.574. The number of rotatable bonds is 4. The van der Waals surface area contributed by atoms with Crippen molar-refractivity contribution in [3.63, 3.8) is 0 Å². The van der Waals surface area contributed by atoms with Crippen LogP contribution in [0.3, 0.4) is 0 Å². The van der Waals surface area contributed by atoms with Gasteiger partial charge in [0.05, 0.1) is 30.2 Å². The van der Waals surface area contributed by atoms with Gasteiger partial charge in [0, 0.05) is 18.2 Å². The second-order valence-electron chi connectivity index (χ2n) is 6.42. The van der Waals surface area contributed by atoms with Gasteiger partial charge in [-0.15, -0.1) is 0 Å². The zero-order valence-electron chi connectivity index (χ0n) is 15.7. The van der Waals surface area contributed by atoms with E-state index < -0.39 is 9.84 Å². The van der Waals surface area contributed by atoms with Gasteiger partial charge in [-0.25, -0.2) is 8.42 Å². The third-order valence-corrected chi connectivity index (χ3v) is 6.18. The fourth-order valence-electron chi connectivity index (χ4n) is 3.33. The zero-order chi connectivity index (χ0) is 19.7. The van der Waals surface area contributed by atoms with Gasteiger partial charge < -0.3 is 24.3 Å². The van der Waals surface area contributed by atoms with Gasteiger partial charge in [0.1, 0.15) is 13.2 Å². The van der Waals surface area contributed by atoms with Crippen LogP contribution in [0.4, 0.5) is 0 Å². The van der Waals surface area contributed by atoms with E-state index in [1.165, 1.54) is 17.5 Å². The summed E-state index contributed by atoms with van der Waals surface area (Å²) in [6, 6.07) is 8.33. The molecule has 0 bridgehead atoms. The molecule has 28 heavy (non-hydrogen) atoms. The molecule has 2 aliphatic heterocycles. The molecule has 1 N–H and O–H groups in total. The molecule has 0 amide bonds. The van der Waals surface area contributed by atoms with E-state index in [1.807, 2.05) is 6.07 Å². The number of nitrogens with one attached hydrogen (secondary N) is 1. The number of hydrogen-bond donors (Lipinski definition) is 1. The highest BCUT2D eigenvalue weighted by molar-refractivity contribution is 7.94. The van der Waals surface area contributed by atoms with Gasteiger partial charge in [-0.05, 0) is 36.2 Å². The summed E-state index contributed by atoms with van der Waals surface area (Å²) in [5.74, 6) is 2.16. The van der Waals surface area contributed by atoms with Crippen molar-refractivity contribution >= 4 is 15.5 Å². The second kappa shape index (κ2) is 7.27. The van der Waals surface area contributed by atoms with Crippen LogP contribution in [0.2, 0.25) is 0 Å². The van der Waals surface area contributed by atoms with Crippen molar-refractivity contribution in [2.24, 2.45) is 0 Å². The summed E-state index contributed by atoms with van der Waals surface area (Å²) in [6.07, 6.45) is 0.761. The highest BCUT2D eigenvalue weighted by Gasteiger charge is 2.23. The molecule has 0 unspecified atom stereocenters. The van der Waals surface area contributed by atoms with Crippen molar-refractivity contribution in [3.8, 4) is 23.0 Å². The smallest absolute Gasteiger partial charge is 0.201 e. The van der Waals surface area contributed by atoms with E-state index >= 15 is 0 Å². The van der Waals surface area contributed by atoms with Crippen LogP contribution in [0.15, 0.2) is 40.6 Å². The maximum absolute atomic E-state index is 13.0. The van der Waals surface area contributed by atoms with Gasteiger partial charge in [0.25, 0.3) is 0 Å². The monoisotopic (exact) mass is 403 g/mol. The third-order valence-electron chi connectivity index (χ3n) is 4.72. The van der Waals surface area contributed by atoms with Crippen LogP contribution < -0.4 is 24.3 Å². The molecule has 8 heteroatoms. The Morgan fingerprint density at radius 1 is 1.00 bits per heavy atom. The second-order valence-corrected chi connectivity index (χ2v) is 8.22. The molecule has 0 spiro atoms. The van der Waals surface area contributed by atoms with Gasteiger partial charge in [0.2, 0.25) is 9.84 Å². The highest BCUT2D eigenvalue weighted by Crippen LogP contribution is 2.36. The minimum atomic E-state index is -3.70. The maximum Gasteiger partial charge on any atom is 0.201 e. The largest absolute Gasteiger partial charge is 0.493 e. The van der Waals surface area contributed by atoms with Crippen molar-refractivity contribution in [3.05, 3.63) is 46.9 Å². The lowest BCUT2D eigenvalue weighted by molar-refractivity contribution is 0.171. The van der Waals surface area contributed by atoms with Crippen LogP contribution in [0, 0.1) is 0 Å². The van der Waals surface area contributed by atoms with E-state index in [4.69, 9.17) is 18.9 Å². The Balaban J connectivity index is 1.75. The molecule has 0 atom stereocenters. The van der Waals surface area contributed by atoms with Crippen LogP contribution in [0.1, 0.15) is 11.1 Å². The first-order chi connectivity index (χ1) is 13.5. The molecule has 0 fully saturated rings. The zero-order valence-corrected chi connectivity index (χ0v) is 16.5. The number of sulfone groups is 1. The molecule has 148 valence electrons. The third kappa shape index (κ3) is 3.35. The first-order valence-electron chi connectivity index (χ1n) is 8.87. The molecule has 7 nitrogen and oxygen atoms in total. The Morgan fingerprint density at radius 2 is 1.71 bits per heavy atom. The lowest BCUT2D eigenvalue weighted by Crippen LogP contribution is -2.23. The number of benzene rings is 2. The highest BCUT2D eigenvalue weighted by atomic mass is 32.2. The number of hydrogen-bond acceptors (Lipinski definition) is 7. The Bertz CT molecular complexity index is 1040. The average Bonchev–Trinajstić information content (AvgIpc) is 2.72. The number of ether oxygens (including phenoxy) is 4. The number of methoxy groups -OCH3 is 2. The summed E-state index contributed by atoms with van der Waals surface area (Å²) in [5, 5.41) is 4.43. The minimum Gasteiger partial charge on any atom is -0.493 e. The summed E-state index contributed by atoms with van der Waals surface area (Å²) in [5.41, 5.74) is 2.31. The van der Waals surface area contributed by atoms with Crippen molar-refractivity contribution in [2.75, 3.05) is 34.0 Å². The van der Waals surface area contributed by atoms with Gasteiger partial charge in [-0.3, -0.25) is 0 Å². The topological polar surface area (TPSA) is 83.1 Å². The van der Waals surface area contributed by atoms with Gasteiger partial charge in [-0.1, -0.05) is 0 Å². The van der Waals surface area contributed by atoms with Gasteiger partial charge >= 0.3 is 0 Å². The van der Waals surface area contributed by atoms with Crippen LogP contribution >= 0.6 is 0 Å².